The van der Waals surface area contributed by atoms with Crippen LogP contribution in [0.15, 0.2) is 24.3 Å². The molecule has 1 aromatic rings. The van der Waals surface area contributed by atoms with Crippen LogP contribution in [0.3, 0.4) is 0 Å². The molecule has 0 aliphatic carbocycles. The van der Waals surface area contributed by atoms with Gasteiger partial charge in [0.25, 0.3) is 0 Å². The van der Waals surface area contributed by atoms with E-state index in [0.29, 0.717) is 0 Å². The molecule has 14 heavy (non-hydrogen) atoms. The fourth-order valence-corrected chi connectivity index (χ4v) is 2.04. The normalized spacial score (nSPS) is 10.4. The summed E-state index contributed by atoms with van der Waals surface area (Å²) in [5.74, 6) is 0. The van der Waals surface area contributed by atoms with Gasteiger partial charge in [0, 0.05) is 10.7 Å². The Morgan fingerprint density at radius 3 is 1.79 bits per heavy atom. The van der Waals surface area contributed by atoms with Crippen LogP contribution in [0.4, 0.5) is 0 Å². The third-order valence-corrected chi connectivity index (χ3v) is 3.31. The van der Waals surface area contributed by atoms with Crippen LogP contribution in [0.1, 0.15) is 24.0 Å². The van der Waals surface area contributed by atoms with Gasteiger partial charge in [-0.2, -0.15) is 0 Å². The van der Waals surface area contributed by atoms with Crippen LogP contribution in [0, 0.1) is 0 Å². The smallest absolute Gasteiger partial charge is 0.00344 e. The Kier molecular flexibility index (Phi) is 6.54. The maximum Gasteiger partial charge on any atom is 0.00344 e. The molecule has 1 rings (SSSR count). The van der Waals surface area contributed by atoms with E-state index >= 15 is 0 Å². The Hall–Kier alpha value is 0.180. The van der Waals surface area contributed by atoms with Crippen molar-refractivity contribution in [3.05, 3.63) is 35.4 Å². The van der Waals surface area contributed by atoms with Gasteiger partial charge in [-0.05, 0) is 36.8 Å². The van der Waals surface area contributed by atoms with E-state index in [9.17, 15) is 0 Å². The summed E-state index contributed by atoms with van der Waals surface area (Å²) in [5.41, 5.74) is 2.94. The van der Waals surface area contributed by atoms with Gasteiger partial charge in [0.2, 0.25) is 0 Å². The highest BCUT2D eigenvalue weighted by Crippen LogP contribution is 2.10. The van der Waals surface area contributed by atoms with Gasteiger partial charge in [-0.1, -0.05) is 56.1 Å². The van der Waals surface area contributed by atoms with Crippen LogP contribution in [0.5, 0.6) is 0 Å². The van der Waals surface area contributed by atoms with E-state index < -0.39 is 0 Å². The summed E-state index contributed by atoms with van der Waals surface area (Å²) in [4.78, 5) is 0. The zero-order valence-electron chi connectivity index (χ0n) is 8.31. The minimum Gasteiger partial charge on any atom is -0.0928 e. The number of hydrogen-bond acceptors (Lipinski definition) is 0. The second-order valence-electron chi connectivity index (χ2n) is 3.41. The molecule has 0 atom stereocenters. The molecule has 0 saturated heterocycles. The molecule has 78 valence electrons. The largest absolute Gasteiger partial charge is 0.0928 e. The second kappa shape index (κ2) is 7.47. The number of rotatable bonds is 6. The van der Waals surface area contributed by atoms with E-state index in [1.807, 2.05) is 0 Å². The van der Waals surface area contributed by atoms with Crippen molar-refractivity contribution in [1.29, 1.82) is 0 Å². The van der Waals surface area contributed by atoms with E-state index in [-0.39, 0.29) is 0 Å². The summed E-state index contributed by atoms with van der Waals surface area (Å²) >= 11 is 6.92. The summed E-state index contributed by atoms with van der Waals surface area (Å²) in [5, 5.41) is 2.19. The van der Waals surface area contributed by atoms with E-state index in [4.69, 9.17) is 0 Å². The van der Waals surface area contributed by atoms with Crippen molar-refractivity contribution in [3.63, 3.8) is 0 Å². The Labute approximate surface area is 103 Å². The lowest BCUT2D eigenvalue weighted by Crippen LogP contribution is -1.90. The quantitative estimate of drug-likeness (QED) is 0.684. The highest BCUT2D eigenvalue weighted by molar-refractivity contribution is 9.09. The van der Waals surface area contributed by atoms with E-state index in [0.717, 1.165) is 10.7 Å². The Bertz CT molecular complexity index is 235. The summed E-state index contributed by atoms with van der Waals surface area (Å²) in [7, 11) is 0. The zero-order valence-corrected chi connectivity index (χ0v) is 11.5. The van der Waals surface area contributed by atoms with Crippen LogP contribution in [0.25, 0.3) is 0 Å². The highest BCUT2D eigenvalue weighted by Gasteiger charge is 1.96. The minimum atomic E-state index is 1.10. The first-order valence-electron chi connectivity index (χ1n) is 5.06. The van der Waals surface area contributed by atoms with E-state index in [1.54, 1.807) is 0 Å². The molecule has 0 aliphatic heterocycles. The van der Waals surface area contributed by atoms with Crippen LogP contribution < -0.4 is 0 Å². The minimum absolute atomic E-state index is 1.10. The molecule has 0 heterocycles. The van der Waals surface area contributed by atoms with Gasteiger partial charge >= 0.3 is 0 Å². The number of halogens is 2. The van der Waals surface area contributed by atoms with Crippen molar-refractivity contribution in [2.45, 2.75) is 25.7 Å². The van der Waals surface area contributed by atoms with Gasteiger partial charge in [-0.3, -0.25) is 0 Å². The molecule has 0 amide bonds. The highest BCUT2D eigenvalue weighted by atomic mass is 79.9. The molecule has 0 radical (unpaired) electrons. The van der Waals surface area contributed by atoms with Gasteiger partial charge in [0.05, 0.1) is 0 Å². The lowest BCUT2D eigenvalue weighted by Gasteiger charge is -2.03. The average molecular weight is 320 g/mol. The standard InChI is InChI=1S/C12H16Br2/c13-8-2-6-11-4-1-5-12(10-11)7-3-9-14/h1,4-5,10H,2-3,6-9H2. The van der Waals surface area contributed by atoms with Gasteiger partial charge in [0.1, 0.15) is 0 Å². The fraction of sp³-hybridized carbons (Fsp3) is 0.500. The van der Waals surface area contributed by atoms with Crippen LogP contribution in [-0.2, 0) is 12.8 Å². The van der Waals surface area contributed by atoms with E-state index in [2.05, 4.69) is 56.1 Å². The maximum atomic E-state index is 3.46. The molecular formula is C12H16Br2. The molecule has 0 aliphatic rings. The second-order valence-corrected chi connectivity index (χ2v) is 4.99. The monoisotopic (exact) mass is 318 g/mol. The number of alkyl halides is 2. The zero-order chi connectivity index (χ0) is 10.2. The third-order valence-electron chi connectivity index (χ3n) is 2.19. The lowest BCUT2D eigenvalue weighted by atomic mass is 10.0. The first-order chi connectivity index (χ1) is 6.86. The SMILES string of the molecule is BrCCCc1cccc(CCCBr)c1. The number of hydrogen-bond donors (Lipinski definition) is 0. The molecule has 0 bridgehead atoms. The molecular weight excluding hydrogens is 304 g/mol. The van der Waals surface area contributed by atoms with Crippen molar-refractivity contribution in [2.24, 2.45) is 0 Å². The summed E-state index contributed by atoms with van der Waals surface area (Å²) < 4.78 is 0. The summed E-state index contributed by atoms with van der Waals surface area (Å²) in [6.07, 6.45) is 4.82. The molecule has 2 heteroatoms. The number of aryl methyl sites for hydroxylation is 2. The Morgan fingerprint density at radius 1 is 0.857 bits per heavy atom. The molecule has 0 fully saturated rings. The average Bonchev–Trinajstić information content (AvgIpc) is 2.24. The van der Waals surface area contributed by atoms with Crippen LogP contribution in [-0.4, -0.2) is 10.7 Å². The van der Waals surface area contributed by atoms with Crippen molar-refractivity contribution in [1.82, 2.24) is 0 Å². The maximum absolute atomic E-state index is 3.46. The molecule has 1 aromatic carbocycles. The summed E-state index contributed by atoms with van der Waals surface area (Å²) in [6.45, 7) is 0. The molecule has 0 nitrogen and oxygen atoms in total. The topological polar surface area (TPSA) is 0 Å². The first-order valence-corrected chi connectivity index (χ1v) is 7.31. The summed E-state index contributed by atoms with van der Waals surface area (Å²) in [6, 6.07) is 8.96. The van der Waals surface area contributed by atoms with Crippen LogP contribution in [0.2, 0.25) is 0 Å². The van der Waals surface area contributed by atoms with E-state index in [1.165, 1.54) is 36.8 Å². The van der Waals surface area contributed by atoms with Gasteiger partial charge in [0.15, 0.2) is 0 Å². The van der Waals surface area contributed by atoms with Crippen molar-refractivity contribution >= 4 is 31.9 Å². The van der Waals surface area contributed by atoms with Crippen molar-refractivity contribution in [2.75, 3.05) is 10.7 Å². The van der Waals surface area contributed by atoms with Crippen LogP contribution >= 0.6 is 31.9 Å². The molecule has 0 unspecified atom stereocenters. The molecule has 0 saturated carbocycles. The van der Waals surface area contributed by atoms with Gasteiger partial charge in [-0.25, -0.2) is 0 Å². The predicted octanol–water partition coefficient (Wildman–Crippen LogP) is 4.34. The predicted molar refractivity (Wildman–Crippen MR) is 70.7 cm³/mol. The lowest BCUT2D eigenvalue weighted by molar-refractivity contribution is 0.911. The Morgan fingerprint density at radius 2 is 1.36 bits per heavy atom. The fourth-order valence-electron chi connectivity index (χ4n) is 1.48. The molecule has 0 N–H and O–H groups in total. The van der Waals surface area contributed by atoms with Gasteiger partial charge in [-0.15, -0.1) is 0 Å². The number of benzene rings is 1. The van der Waals surface area contributed by atoms with Gasteiger partial charge < -0.3 is 0 Å². The third kappa shape index (κ3) is 4.61. The van der Waals surface area contributed by atoms with Crippen molar-refractivity contribution in [3.8, 4) is 0 Å². The van der Waals surface area contributed by atoms with Crippen molar-refractivity contribution < 1.29 is 0 Å². The first kappa shape index (κ1) is 12.3. The molecule has 0 spiro atoms. The molecule has 0 aromatic heterocycles. The Balaban J connectivity index is 2.50.